The average molecular weight is 383 g/mol. The monoisotopic (exact) mass is 383 g/mol. The molecule has 28 heavy (non-hydrogen) atoms. The van der Waals surface area contributed by atoms with E-state index in [0.29, 0.717) is 18.7 Å². The van der Waals surface area contributed by atoms with Crippen molar-refractivity contribution in [1.82, 2.24) is 10.6 Å². The van der Waals surface area contributed by atoms with E-state index >= 15 is 0 Å². The number of para-hydroxylation sites is 1. The summed E-state index contributed by atoms with van der Waals surface area (Å²) in [5.74, 6) is 2.49. The van der Waals surface area contributed by atoms with Crippen LogP contribution in [0.1, 0.15) is 23.6 Å². The molecule has 6 nitrogen and oxygen atoms in total. The molecule has 0 atom stereocenters. The zero-order valence-electron chi connectivity index (χ0n) is 16.6. The number of hydrogen-bond acceptors (Lipinski definition) is 4. The van der Waals surface area contributed by atoms with Crippen molar-refractivity contribution in [3.05, 3.63) is 53.1 Å². The minimum absolute atomic E-state index is 0.193. The maximum Gasteiger partial charge on any atom is 0.191 e. The van der Waals surface area contributed by atoms with Crippen LogP contribution in [0, 0.1) is 0 Å². The molecule has 3 rings (SSSR count). The Morgan fingerprint density at radius 3 is 2.93 bits per heavy atom. The van der Waals surface area contributed by atoms with Crippen molar-refractivity contribution in [2.45, 2.75) is 26.2 Å². The number of phenols is 1. The van der Waals surface area contributed by atoms with Crippen LogP contribution in [-0.2, 0) is 19.3 Å². The molecule has 1 aliphatic rings. The van der Waals surface area contributed by atoms with Crippen molar-refractivity contribution in [2.75, 3.05) is 33.4 Å². The fraction of sp³-hybridized carbons (Fsp3) is 0.409. The zero-order chi connectivity index (χ0) is 19.8. The van der Waals surface area contributed by atoms with Gasteiger partial charge in [0.2, 0.25) is 0 Å². The number of nitrogens with zero attached hydrogens (tertiary/aromatic N) is 1. The Morgan fingerprint density at radius 1 is 1.21 bits per heavy atom. The molecule has 0 unspecified atom stereocenters. The summed E-state index contributed by atoms with van der Waals surface area (Å²) in [4.78, 5) is 4.62. The van der Waals surface area contributed by atoms with Gasteiger partial charge in [-0.25, -0.2) is 0 Å². The minimum Gasteiger partial charge on any atom is -0.504 e. The van der Waals surface area contributed by atoms with Crippen LogP contribution in [-0.4, -0.2) is 44.4 Å². The second-order valence-corrected chi connectivity index (χ2v) is 6.70. The van der Waals surface area contributed by atoms with Gasteiger partial charge in [-0.1, -0.05) is 24.3 Å². The second-order valence-electron chi connectivity index (χ2n) is 6.70. The van der Waals surface area contributed by atoms with Crippen molar-refractivity contribution >= 4 is 5.96 Å². The van der Waals surface area contributed by atoms with Gasteiger partial charge in [-0.05, 0) is 48.6 Å². The van der Waals surface area contributed by atoms with Crippen molar-refractivity contribution in [2.24, 2.45) is 4.99 Å². The molecule has 0 saturated heterocycles. The van der Waals surface area contributed by atoms with Gasteiger partial charge in [0, 0.05) is 26.1 Å². The second kappa shape index (κ2) is 9.88. The van der Waals surface area contributed by atoms with Gasteiger partial charge in [0.05, 0.1) is 13.7 Å². The van der Waals surface area contributed by atoms with E-state index in [4.69, 9.17) is 9.47 Å². The van der Waals surface area contributed by atoms with Crippen molar-refractivity contribution in [3.8, 4) is 17.2 Å². The van der Waals surface area contributed by atoms with Crippen LogP contribution in [0.25, 0.3) is 0 Å². The number of aromatic hydroxyl groups is 1. The number of aliphatic imine (C=N–C) groups is 1. The fourth-order valence-corrected chi connectivity index (χ4v) is 3.28. The van der Waals surface area contributed by atoms with E-state index in [1.54, 1.807) is 13.2 Å². The van der Waals surface area contributed by atoms with Gasteiger partial charge in [-0.15, -0.1) is 0 Å². The molecule has 0 aromatic heterocycles. The molecule has 150 valence electrons. The highest BCUT2D eigenvalue weighted by atomic mass is 16.5. The summed E-state index contributed by atoms with van der Waals surface area (Å²) in [6.07, 6.45) is 2.57. The van der Waals surface area contributed by atoms with Gasteiger partial charge in [0.1, 0.15) is 5.75 Å². The number of fused-ring (bicyclic) bond motifs is 1. The predicted octanol–water partition coefficient (Wildman–Crippen LogP) is 2.68. The van der Waals surface area contributed by atoms with Crippen molar-refractivity contribution in [3.63, 3.8) is 0 Å². The third kappa shape index (κ3) is 5.09. The first kappa shape index (κ1) is 19.9. The summed E-state index contributed by atoms with van der Waals surface area (Å²) in [6, 6.07) is 11.9. The van der Waals surface area contributed by atoms with Crippen LogP contribution in [0.2, 0.25) is 0 Å². The molecular weight excluding hydrogens is 354 g/mol. The maximum absolute atomic E-state index is 10.2. The lowest BCUT2D eigenvalue weighted by molar-refractivity contribution is 0.357. The molecule has 0 spiro atoms. The fourth-order valence-electron chi connectivity index (χ4n) is 3.28. The molecule has 6 heteroatoms. The summed E-state index contributed by atoms with van der Waals surface area (Å²) < 4.78 is 10.7. The first-order chi connectivity index (χ1) is 13.7. The number of nitrogens with one attached hydrogen (secondary N) is 2. The smallest absolute Gasteiger partial charge is 0.191 e. The van der Waals surface area contributed by atoms with Crippen LogP contribution in [0.5, 0.6) is 17.2 Å². The molecule has 2 aromatic carbocycles. The minimum atomic E-state index is 0.193. The summed E-state index contributed by atoms with van der Waals surface area (Å²) >= 11 is 0. The van der Waals surface area contributed by atoms with Gasteiger partial charge >= 0.3 is 0 Å². The Bertz CT molecular complexity index is 821. The van der Waals surface area contributed by atoms with Gasteiger partial charge in [-0.2, -0.15) is 0 Å². The Morgan fingerprint density at radius 2 is 2.11 bits per heavy atom. The average Bonchev–Trinajstić information content (AvgIpc) is 3.17. The highest BCUT2D eigenvalue weighted by Crippen LogP contribution is 2.29. The number of ether oxygens (including phenoxy) is 2. The Balaban J connectivity index is 1.51. The lowest BCUT2D eigenvalue weighted by Crippen LogP contribution is -2.38. The Hall–Kier alpha value is -2.89. The van der Waals surface area contributed by atoms with E-state index in [9.17, 15) is 5.11 Å². The zero-order valence-corrected chi connectivity index (χ0v) is 16.6. The third-order valence-corrected chi connectivity index (χ3v) is 4.76. The molecule has 0 radical (unpaired) electrons. The van der Waals surface area contributed by atoms with Crippen LogP contribution >= 0.6 is 0 Å². The summed E-state index contributed by atoms with van der Waals surface area (Å²) in [5, 5.41) is 16.8. The number of methoxy groups -OCH3 is 1. The molecule has 0 bridgehead atoms. The molecule has 1 aliphatic heterocycles. The molecule has 3 N–H and O–H groups in total. The largest absolute Gasteiger partial charge is 0.504 e. The number of benzene rings is 2. The quantitative estimate of drug-likeness (QED) is 0.483. The van der Waals surface area contributed by atoms with Gasteiger partial charge < -0.3 is 25.2 Å². The number of phenolic OH excluding ortho intramolecular Hbond substituents is 1. The van der Waals surface area contributed by atoms with Crippen LogP contribution in [0.15, 0.2) is 41.4 Å². The molecular formula is C22H29N3O3. The van der Waals surface area contributed by atoms with Crippen LogP contribution in [0.3, 0.4) is 0 Å². The van der Waals surface area contributed by atoms with Crippen molar-refractivity contribution in [1.29, 1.82) is 0 Å². The highest BCUT2D eigenvalue weighted by Gasteiger charge is 2.12. The summed E-state index contributed by atoms with van der Waals surface area (Å²) in [6.45, 7) is 5.01. The SMILES string of the molecule is CCNC(=NCCc1cccc(OC)c1O)NCCc1ccc2c(c1)CCO2. The topological polar surface area (TPSA) is 75.1 Å². The van der Waals surface area contributed by atoms with E-state index in [0.717, 1.165) is 49.8 Å². The van der Waals surface area contributed by atoms with E-state index in [1.165, 1.54) is 11.1 Å². The Labute approximate surface area is 166 Å². The van der Waals surface area contributed by atoms with Crippen molar-refractivity contribution < 1.29 is 14.6 Å². The molecule has 2 aromatic rings. The molecule has 0 aliphatic carbocycles. The number of hydrogen-bond donors (Lipinski definition) is 3. The molecule has 1 heterocycles. The maximum atomic E-state index is 10.2. The lowest BCUT2D eigenvalue weighted by atomic mass is 10.1. The van der Waals surface area contributed by atoms with Crippen LogP contribution < -0.4 is 20.1 Å². The first-order valence-electron chi connectivity index (χ1n) is 9.83. The number of guanidine groups is 1. The Kier molecular flexibility index (Phi) is 7.00. The first-order valence-corrected chi connectivity index (χ1v) is 9.83. The molecule has 0 amide bonds. The third-order valence-electron chi connectivity index (χ3n) is 4.76. The predicted molar refractivity (Wildman–Crippen MR) is 112 cm³/mol. The highest BCUT2D eigenvalue weighted by molar-refractivity contribution is 5.79. The molecule has 0 fully saturated rings. The summed E-state index contributed by atoms with van der Waals surface area (Å²) in [7, 11) is 1.55. The van der Waals surface area contributed by atoms with Gasteiger partial charge in [-0.3, -0.25) is 4.99 Å². The standard InChI is InChI=1S/C22H29N3O3/c1-3-23-22(25-13-10-17-5-4-6-20(27-2)21(17)26)24-12-9-16-7-8-19-18(15-16)11-14-28-19/h4-8,15,26H,3,9-14H2,1-2H3,(H2,23,24,25). The van der Waals surface area contributed by atoms with Gasteiger partial charge in [0.25, 0.3) is 0 Å². The van der Waals surface area contributed by atoms with E-state index in [2.05, 4.69) is 33.8 Å². The number of rotatable bonds is 8. The van der Waals surface area contributed by atoms with E-state index in [1.807, 2.05) is 19.1 Å². The molecule has 0 saturated carbocycles. The van der Waals surface area contributed by atoms with E-state index < -0.39 is 0 Å². The van der Waals surface area contributed by atoms with Gasteiger partial charge in [0.15, 0.2) is 17.5 Å². The summed E-state index contributed by atoms with van der Waals surface area (Å²) in [5.41, 5.74) is 3.43. The normalized spacial score (nSPS) is 13.0. The van der Waals surface area contributed by atoms with E-state index in [-0.39, 0.29) is 5.75 Å². The lowest BCUT2D eigenvalue weighted by Gasteiger charge is -2.12. The van der Waals surface area contributed by atoms with Crippen LogP contribution in [0.4, 0.5) is 0 Å².